The van der Waals surface area contributed by atoms with Gasteiger partial charge in [-0.1, -0.05) is 17.7 Å². The molecule has 0 spiro atoms. The highest BCUT2D eigenvalue weighted by atomic mass is 35.5. The topological polar surface area (TPSA) is 85.5 Å². The molecular weight excluding hydrogens is 294 g/mol. The van der Waals surface area contributed by atoms with Crippen molar-refractivity contribution in [2.45, 2.75) is 45.4 Å². The average Bonchev–Trinajstić information content (AvgIpc) is 2.34. The molecule has 0 fully saturated rings. The van der Waals surface area contributed by atoms with Crippen molar-refractivity contribution in [3.8, 4) is 0 Å². The number of ether oxygens (including phenoxy) is 1. The second-order valence-corrected chi connectivity index (χ2v) is 6.36. The standard InChI is InChI=1S/C14H18ClN3O3/c1-14(2,3)21-13(20)18-7-8-4-5-11(15)17-9(8)6-10(18)12(16)19/h4-5,10H,6-7H2,1-3H3,(H2,16,19). The molecule has 2 heterocycles. The van der Waals surface area contributed by atoms with Crippen LogP contribution in [0.3, 0.4) is 0 Å². The van der Waals surface area contributed by atoms with E-state index in [-0.39, 0.29) is 13.0 Å². The number of amides is 2. The third-order valence-corrected chi connectivity index (χ3v) is 3.31. The molecule has 1 aliphatic rings. The fourth-order valence-corrected chi connectivity index (χ4v) is 2.34. The van der Waals surface area contributed by atoms with E-state index in [0.29, 0.717) is 10.8 Å². The summed E-state index contributed by atoms with van der Waals surface area (Å²) in [7, 11) is 0. The first-order valence-electron chi connectivity index (χ1n) is 6.60. The Hall–Kier alpha value is -1.82. The molecule has 2 N–H and O–H groups in total. The third-order valence-electron chi connectivity index (χ3n) is 3.09. The molecule has 0 saturated heterocycles. The summed E-state index contributed by atoms with van der Waals surface area (Å²) in [5, 5.41) is 0.350. The second-order valence-electron chi connectivity index (χ2n) is 5.97. The van der Waals surface area contributed by atoms with Crippen LogP contribution in [0.15, 0.2) is 12.1 Å². The van der Waals surface area contributed by atoms with Gasteiger partial charge in [0.1, 0.15) is 16.8 Å². The Morgan fingerprint density at radius 1 is 1.43 bits per heavy atom. The van der Waals surface area contributed by atoms with Crippen LogP contribution in [0, 0.1) is 0 Å². The van der Waals surface area contributed by atoms with Crippen molar-refractivity contribution in [3.05, 3.63) is 28.5 Å². The fourth-order valence-electron chi connectivity index (χ4n) is 2.18. The van der Waals surface area contributed by atoms with Crippen LogP contribution in [-0.4, -0.2) is 33.5 Å². The van der Waals surface area contributed by atoms with Crippen LogP contribution in [0.2, 0.25) is 5.15 Å². The lowest BCUT2D eigenvalue weighted by atomic mass is 9.98. The van der Waals surface area contributed by atoms with E-state index < -0.39 is 23.6 Å². The number of fused-ring (bicyclic) bond motifs is 1. The monoisotopic (exact) mass is 311 g/mol. The van der Waals surface area contributed by atoms with E-state index in [0.717, 1.165) is 5.56 Å². The zero-order valence-electron chi connectivity index (χ0n) is 12.2. The van der Waals surface area contributed by atoms with Crippen LogP contribution in [0.1, 0.15) is 32.0 Å². The Kier molecular flexibility index (Phi) is 4.09. The minimum absolute atomic E-state index is 0.224. The number of hydrogen-bond acceptors (Lipinski definition) is 4. The highest BCUT2D eigenvalue weighted by Gasteiger charge is 2.36. The van der Waals surface area contributed by atoms with Gasteiger partial charge in [0.25, 0.3) is 0 Å². The van der Waals surface area contributed by atoms with Crippen LogP contribution >= 0.6 is 11.6 Å². The molecule has 0 radical (unpaired) electrons. The molecule has 0 aromatic carbocycles. The van der Waals surface area contributed by atoms with E-state index in [1.807, 2.05) is 0 Å². The highest BCUT2D eigenvalue weighted by Crippen LogP contribution is 2.25. The Bertz CT molecular complexity index is 583. The lowest BCUT2D eigenvalue weighted by molar-refractivity contribution is -0.123. The van der Waals surface area contributed by atoms with Crippen molar-refractivity contribution >= 4 is 23.6 Å². The largest absolute Gasteiger partial charge is 0.444 e. The predicted octanol–water partition coefficient (Wildman–Crippen LogP) is 1.88. The van der Waals surface area contributed by atoms with E-state index in [2.05, 4.69) is 4.98 Å². The third kappa shape index (κ3) is 3.64. The summed E-state index contributed by atoms with van der Waals surface area (Å²) < 4.78 is 5.33. The van der Waals surface area contributed by atoms with Gasteiger partial charge >= 0.3 is 6.09 Å². The van der Waals surface area contributed by atoms with Gasteiger partial charge in [0.05, 0.1) is 6.54 Å². The quantitative estimate of drug-likeness (QED) is 0.802. The molecule has 1 aromatic rings. The molecule has 1 aliphatic heterocycles. The second kappa shape index (κ2) is 5.52. The minimum Gasteiger partial charge on any atom is -0.444 e. The fraction of sp³-hybridized carbons (Fsp3) is 0.500. The van der Waals surface area contributed by atoms with E-state index in [4.69, 9.17) is 22.1 Å². The van der Waals surface area contributed by atoms with Gasteiger partial charge < -0.3 is 10.5 Å². The molecule has 21 heavy (non-hydrogen) atoms. The Balaban J connectivity index is 2.30. The molecular formula is C14H18ClN3O3. The van der Waals surface area contributed by atoms with Crippen LogP contribution < -0.4 is 5.73 Å². The molecule has 6 nitrogen and oxygen atoms in total. The molecule has 2 rings (SSSR count). The van der Waals surface area contributed by atoms with E-state index in [1.54, 1.807) is 32.9 Å². The molecule has 1 aromatic heterocycles. The maximum Gasteiger partial charge on any atom is 0.411 e. The van der Waals surface area contributed by atoms with Gasteiger partial charge in [-0.3, -0.25) is 9.69 Å². The van der Waals surface area contributed by atoms with Crippen molar-refractivity contribution in [1.29, 1.82) is 0 Å². The normalized spacial score (nSPS) is 18.1. The number of nitrogens with two attached hydrogens (primary N) is 1. The summed E-state index contributed by atoms with van der Waals surface area (Å²) in [4.78, 5) is 29.4. The average molecular weight is 312 g/mol. The lowest BCUT2D eigenvalue weighted by Crippen LogP contribution is -2.52. The Morgan fingerprint density at radius 2 is 2.10 bits per heavy atom. The number of carbonyl (C=O) groups is 2. The van der Waals surface area contributed by atoms with Gasteiger partial charge in [0, 0.05) is 12.1 Å². The number of halogens is 1. The van der Waals surface area contributed by atoms with Gasteiger partial charge in [0.15, 0.2) is 0 Å². The van der Waals surface area contributed by atoms with Crippen molar-refractivity contribution in [2.24, 2.45) is 5.73 Å². The highest BCUT2D eigenvalue weighted by molar-refractivity contribution is 6.29. The van der Waals surface area contributed by atoms with Gasteiger partial charge in [-0.2, -0.15) is 0 Å². The summed E-state index contributed by atoms with van der Waals surface area (Å²) in [5.74, 6) is -0.590. The molecule has 0 saturated carbocycles. The number of carbonyl (C=O) groups excluding carboxylic acids is 2. The smallest absolute Gasteiger partial charge is 0.411 e. The first-order chi connectivity index (χ1) is 9.67. The number of pyridine rings is 1. The first kappa shape index (κ1) is 15.6. The molecule has 114 valence electrons. The number of nitrogens with zero attached hydrogens (tertiary/aromatic N) is 2. The molecule has 0 bridgehead atoms. The van der Waals surface area contributed by atoms with E-state index >= 15 is 0 Å². The maximum absolute atomic E-state index is 12.3. The van der Waals surface area contributed by atoms with Crippen LogP contribution in [0.5, 0.6) is 0 Å². The maximum atomic E-state index is 12.3. The zero-order chi connectivity index (χ0) is 15.8. The molecule has 1 unspecified atom stereocenters. The SMILES string of the molecule is CC(C)(C)OC(=O)N1Cc2ccc(Cl)nc2CC1C(N)=O. The molecule has 0 aliphatic carbocycles. The summed E-state index contributed by atoms with van der Waals surface area (Å²) in [6.07, 6.45) is -0.323. The Morgan fingerprint density at radius 3 is 2.67 bits per heavy atom. The van der Waals surface area contributed by atoms with Crippen LogP contribution in [-0.2, 0) is 22.5 Å². The van der Waals surface area contributed by atoms with E-state index in [1.165, 1.54) is 4.90 Å². The molecule has 1 atom stereocenters. The summed E-state index contributed by atoms with van der Waals surface area (Å²) in [6.45, 7) is 5.53. The summed E-state index contributed by atoms with van der Waals surface area (Å²) >= 11 is 5.86. The minimum atomic E-state index is -0.779. The summed E-state index contributed by atoms with van der Waals surface area (Å²) in [5.41, 5.74) is 6.29. The summed E-state index contributed by atoms with van der Waals surface area (Å²) in [6, 6.07) is 2.66. The van der Waals surface area contributed by atoms with E-state index in [9.17, 15) is 9.59 Å². The van der Waals surface area contributed by atoms with Gasteiger partial charge in [-0.25, -0.2) is 9.78 Å². The van der Waals surface area contributed by atoms with Crippen molar-refractivity contribution in [1.82, 2.24) is 9.88 Å². The predicted molar refractivity (Wildman–Crippen MR) is 77.7 cm³/mol. The van der Waals surface area contributed by atoms with Crippen molar-refractivity contribution in [2.75, 3.05) is 0 Å². The molecule has 2 amide bonds. The lowest BCUT2D eigenvalue weighted by Gasteiger charge is -2.35. The zero-order valence-corrected chi connectivity index (χ0v) is 13.0. The molecule has 7 heteroatoms. The number of aromatic nitrogens is 1. The number of rotatable bonds is 1. The van der Waals surface area contributed by atoms with Gasteiger partial charge in [-0.05, 0) is 32.4 Å². The Labute approximate surface area is 128 Å². The first-order valence-corrected chi connectivity index (χ1v) is 6.98. The van der Waals surface area contributed by atoms with Crippen LogP contribution in [0.4, 0.5) is 4.79 Å². The van der Waals surface area contributed by atoms with Gasteiger partial charge in [0.2, 0.25) is 5.91 Å². The van der Waals surface area contributed by atoms with Crippen LogP contribution in [0.25, 0.3) is 0 Å². The van der Waals surface area contributed by atoms with Crippen molar-refractivity contribution in [3.63, 3.8) is 0 Å². The van der Waals surface area contributed by atoms with Gasteiger partial charge in [-0.15, -0.1) is 0 Å². The number of primary amides is 1. The van der Waals surface area contributed by atoms with Crippen molar-refractivity contribution < 1.29 is 14.3 Å². The number of hydrogen-bond donors (Lipinski definition) is 1.